The third-order valence-corrected chi connectivity index (χ3v) is 5.05. The highest BCUT2D eigenvalue weighted by atomic mass is 19.1. The highest BCUT2D eigenvalue weighted by Crippen LogP contribution is 2.13. The van der Waals surface area contributed by atoms with Crippen molar-refractivity contribution in [2.45, 2.75) is 20.3 Å². The smallest absolute Gasteiger partial charge is 0.317 e. The first kappa shape index (κ1) is 19.9. The van der Waals surface area contributed by atoms with E-state index in [4.69, 9.17) is 0 Å². The molecule has 3 amide bonds. The minimum atomic E-state index is -0.377. The Labute approximate surface area is 165 Å². The van der Waals surface area contributed by atoms with Gasteiger partial charge in [-0.2, -0.15) is 0 Å². The van der Waals surface area contributed by atoms with Crippen LogP contribution in [-0.4, -0.2) is 54.5 Å². The molecule has 1 aliphatic heterocycles. The van der Waals surface area contributed by atoms with Gasteiger partial charge in [0.2, 0.25) is 0 Å². The number of carbonyl (C=O) groups is 2. The largest absolute Gasteiger partial charge is 0.338 e. The van der Waals surface area contributed by atoms with Gasteiger partial charge in [-0.3, -0.25) is 4.79 Å². The third kappa shape index (κ3) is 4.88. The van der Waals surface area contributed by atoms with Crippen molar-refractivity contribution in [3.63, 3.8) is 0 Å². The third-order valence-electron chi connectivity index (χ3n) is 5.05. The number of nitrogens with one attached hydrogen (secondary N) is 1. The van der Waals surface area contributed by atoms with Gasteiger partial charge in [-0.25, -0.2) is 9.18 Å². The molecule has 1 heterocycles. The quantitative estimate of drug-likeness (QED) is 0.882. The van der Waals surface area contributed by atoms with Gasteiger partial charge < -0.3 is 15.1 Å². The summed E-state index contributed by atoms with van der Waals surface area (Å²) in [6.07, 6.45) is 0.783. The van der Waals surface area contributed by atoms with E-state index in [-0.39, 0.29) is 17.8 Å². The number of hydrogen-bond acceptors (Lipinski definition) is 2. The van der Waals surface area contributed by atoms with E-state index >= 15 is 0 Å². The van der Waals surface area contributed by atoms with Gasteiger partial charge in [0, 0.05) is 38.3 Å². The van der Waals surface area contributed by atoms with Crippen LogP contribution in [0.25, 0.3) is 0 Å². The van der Waals surface area contributed by atoms with Crippen molar-refractivity contribution in [1.82, 2.24) is 15.1 Å². The molecule has 0 aromatic heterocycles. The van der Waals surface area contributed by atoms with Crippen LogP contribution in [0.2, 0.25) is 0 Å². The fourth-order valence-electron chi connectivity index (χ4n) is 3.31. The molecule has 6 heteroatoms. The molecule has 3 rings (SSSR count). The maximum atomic E-state index is 13.7. The van der Waals surface area contributed by atoms with E-state index < -0.39 is 0 Å². The Kier molecular flexibility index (Phi) is 6.29. The number of piperazine rings is 1. The summed E-state index contributed by atoms with van der Waals surface area (Å²) < 4.78 is 13.7. The van der Waals surface area contributed by atoms with E-state index in [9.17, 15) is 14.0 Å². The molecule has 28 heavy (non-hydrogen) atoms. The summed E-state index contributed by atoms with van der Waals surface area (Å²) in [7, 11) is 0. The highest BCUT2D eigenvalue weighted by Gasteiger charge is 2.25. The number of carbonyl (C=O) groups excluding carboxylic acids is 2. The summed E-state index contributed by atoms with van der Waals surface area (Å²) in [4.78, 5) is 28.3. The number of nitrogens with zero attached hydrogens (tertiary/aromatic N) is 2. The Hall–Kier alpha value is -2.89. The number of amides is 3. The molecule has 0 unspecified atom stereocenters. The highest BCUT2D eigenvalue weighted by molar-refractivity contribution is 5.94. The monoisotopic (exact) mass is 383 g/mol. The van der Waals surface area contributed by atoms with Gasteiger partial charge in [-0.15, -0.1) is 0 Å². The Morgan fingerprint density at radius 2 is 1.71 bits per heavy atom. The average molecular weight is 383 g/mol. The number of benzene rings is 2. The van der Waals surface area contributed by atoms with Crippen molar-refractivity contribution in [2.75, 3.05) is 32.7 Å². The molecular formula is C22H26FN3O2. The molecule has 0 spiro atoms. The molecule has 0 atom stereocenters. The lowest BCUT2D eigenvalue weighted by Crippen LogP contribution is -2.53. The summed E-state index contributed by atoms with van der Waals surface area (Å²) in [5, 5.41) is 2.94. The first-order valence-corrected chi connectivity index (χ1v) is 9.58. The molecule has 2 aromatic rings. The van der Waals surface area contributed by atoms with E-state index in [1.165, 1.54) is 17.2 Å². The number of hydrogen-bond donors (Lipinski definition) is 1. The number of urea groups is 1. The Morgan fingerprint density at radius 3 is 2.39 bits per heavy atom. The molecule has 148 valence electrons. The van der Waals surface area contributed by atoms with Gasteiger partial charge >= 0.3 is 6.03 Å². The van der Waals surface area contributed by atoms with Gasteiger partial charge in [-0.05, 0) is 43.5 Å². The number of aryl methyl sites for hydroxylation is 2. The van der Waals surface area contributed by atoms with E-state index in [0.29, 0.717) is 43.9 Å². The zero-order chi connectivity index (χ0) is 20.1. The number of halogens is 1. The first-order valence-electron chi connectivity index (χ1n) is 9.58. The predicted molar refractivity (Wildman–Crippen MR) is 107 cm³/mol. The standard InChI is InChI=1S/C22H26FN3O2/c1-16-4-3-5-18(14-16)8-9-24-22(28)26-12-10-25(11-13-26)21(27)19-7-6-17(2)20(23)15-19/h3-7,14-15H,8-13H2,1-2H3,(H,24,28). The molecule has 5 nitrogen and oxygen atoms in total. The van der Waals surface area contributed by atoms with Crippen molar-refractivity contribution in [3.8, 4) is 0 Å². The topological polar surface area (TPSA) is 52.7 Å². The summed E-state index contributed by atoms with van der Waals surface area (Å²) >= 11 is 0. The van der Waals surface area contributed by atoms with Crippen LogP contribution in [0.5, 0.6) is 0 Å². The van der Waals surface area contributed by atoms with Crippen molar-refractivity contribution in [1.29, 1.82) is 0 Å². The van der Waals surface area contributed by atoms with Crippen molar-refractivity contribution < 1.29 is 14.0 Å². The van der Waals surface area contributed by atoms with E-state index in [0.717, 1.165) is 6.42 Å². The van der Waals surface area contributed by atoms with Crippen LogP contribution >= 0.6 is 0 Å². The summed E-state index contributed by atoms with van der Waals surface area (Å²) in [6.45, 7) is 6.11. The zero-order valence-electron chi connectivity index (χ0n) is 16.4. The fourth-order valence-corrected chi connectivity index (χ4v) is 3.31. The van der Waals surface area contributed by atoms with Gasteiger partial charge in [0.1, 0.15) is 5.82 Å². The number of rotatable bonds is 4. The zero-order valence-corrected chi connectivity index (χ0v) is 16.4. The molecule has 2 aromatic carbocycles. The lowest BCUT2D eigenvalue weighted by atomic mass is 10.1. The van der Waals surface area contributed by atoms with Crippen molar-refractivity contribution in [2.24, 2.45) is 0 Å². The lowest BCUT2D eigenvalue weighted by molar-refractivity contribution is 0.0664. The molecule has 1 saturated heterocycles. The fraction of sp³-hybridized carbons (Fsp3) is 0.364. The molecule has 1 aliphatic rings. The molecule has 1 N–H and O–H groups in total. The molecular weight excluding hydrogens is 357 g/mol. The van der Waals surface area contributed by atoms with Crippen LogP contribution < -0.4 is 5.32 Å². The van der Waals surface area contributed by atoms with E-state index in [2.05, 4.69) is 17.4 Å². The van der Waals surface area contributed by atoms with Crippen LogP contribution in [-0.2, 0) is 6.42 Å². The van der Waals surface area contributed by atoms with Crippen LogP contribution in [0.1, 0.15) is 27.0 Å². The molecule has 1 fully saturated rings. The SMILES string of the molecule is Cc1cccc(CCNC(=O)N2CCN(C(=O)c3ccc(C)c(F)c3)CC2)c1. The summed E-state index contributed by atoms with van der Waals surface area (Å²) in [6, 6.07) is 12.7. The second kappa shape index (κ2) is 8.87. The minimum Gasteiger partial charge on any atom is -0.338 e. The Morgan fingerprint density at radius 1 is 1.00 bits per heavy atom. The summed E-state index contributed by atoms with van der Waals surface area (Å²) in [5.74, 6) is -0.573. The van der Waals surface area contributed by atoms with Gasteiger partial charge in [0.15, 0.2) is 0 Å². The van der Waals surface area contributed by atoms with Crippen LogP contribution in [0, 0.1) is 19.7 Å². The van der Waals surface area contributed by atoms with Crippen LogP contribution in [0.4, 0.5) is 9.18 Å². The van der Waals surface area contributed by atoms with Gasteiger partial charge in [0.25, 0.3) is 5.91 Å². The van der Waals surface area contributed by atoms with Crippen LogP contribution in [0.3, 0.4) is 0 Å². The molecule has 0 bridgehead atoms. The second-order valence-electron chi connectivity index (χ2n) is 7.21. The molecule has 0 saturated carbocycles. The van der Waals surface area contributed by atoms with E-state index in [1.54, 1.807) is 28.9 Å². The minimum absolute atomic E-state index is 0.110. The van der Waals surface area contributed by atoms with E-state index in [1.807, 2.05) is 19.1 Å². The average Bonchev–Trinajstić information content (AvgIpc) is 2.69. The first-order chi connectivity index (χ1) is 13.4. The lowest BCUT2D eigenvalue weighted by Gasteiger charge is -2.34. The second-order valence-corrected chi connectivity index (χ2v) is 7.21. The normalized spacial score (nSPS) is 14.1. The Balaban J connectivity index is 1.45. The summed E-state index contributed by atoms with van der Waals surface area (Å²) in [5.41, 5.74) is 3.27. The Bertz CT molecular complexity index is 861. The van der Waals surface area contributed by atoms with Crippen LogP contribution in [0.15, 0.2) is 42.5 Å². The molecule has 0 radical (unpaired) electrons. The van der Waals surface area contributed by atoms with Crippen molar-refractivity contribution in [3.05, 3.63) is 70.5 Å². The maximum Gasteiger partial charge on any atom is 0.317 e. The van der Waals surface area contributed by atoms with Crippen molar-refractivity contribution >= 4 is 11.9 Å². The van der Waals surface area contributed by atoms with Gasteiger partial charge in [-0.1, -0.05) is 35.9 Å². The predicted octanol–water partition coefficient (Wildman–Crippen LogP) is 3.15. The molecule has 0 aliphatic carbocycles. The maximum absolute atomic E-state index is 13.7. The van der Waals surface area contributed by atoms with Gasteiger partial charge in [0.05, 0.1) is 0 Å².